The molecule has 3 atom stereocenters. The summed E-state index contributed by atoms with van der Waals surface area (Å²) in [6, 6.07) is 0. The van der Waals surface area contributed by atoms with Gasteiger partial charge >= 0.3 is 5.97 Å². The van der Waals surface area contributed by atoms with Crippen LogP contribution < -0.4 is 5.32 Å². The van der Waals surface area contributed by atoms with Crippen molar-refractivity contribution in [1.29, 1.82) is 0 Å². The number of rotatable bonds is 3. The molecule has 20 heavy (non-hydrogen) atoms. The lowest BCUT2D eigenvalue weighted by atomic mass is 9.75. The number of ether oxygens (including phenoxy) is 1. The van der Waals surface area contributed by atoms with Crippen LogP contribution in [0.4, 0.5) is 0 Å². The van der Waals surface area contributed by atoms with Crippen molar-refractivity contribution in [1.82, 2.24) is 5.32 Å². The van der Waals surface area contributed by atoms with E-state index >= 15 is 0 Å². The summed E-state index contributed by atoms with van der Waals surface area (Å²) in [5, 5.41) is 3.32. The van der Waals surface area contributed by atoms with E-state index in [-0.39, 0.29) is 17.5 Å². The quantitative estimate of drug-likeness (QED) is 0.806. The Morgan fingerprint density at radius 3 is 2.50 bits per heavy atom. The Morgan fingerprint density at radius 1 is 1.25 bits per heavy atom. The Kier molecular flexibility index (Phi) is 5.11. The second-order valence-electron chi connectivity index (χ2n) is 7.58. The van der Waals surface area contributed by atoms with Crippen molar-refractivity contribution in [2.45, 2.75) is 65.9 Å². The van der Waals surface area contributed by atoms with Gasteiger partial charge in [-0.1, -0.05) is 27.2 Å². The molecule has 1 aliphatic heterocycles. The Hall–Kier alpha value is -0.570. The third kappa shape index (κ3) is 3.55. The van der Waals surface area contributed by atoms with E-state index in [9.17, 15) is 4.79 Å². The molecule has 116 valence electrons. The van der Waals surface area contributed by atoms with Crippen LogP contribution in [0.15, 0.2) is 0 Å². The molecule has 0 bridgehead atoms. The van der Waals surface area contributed by atoms with Gasteiger partial charge in [0, 0.05) is 0 Å². The average Bonchev–Trinajstić information content (AvgIpc) is 2.39. The van der Waals surface area contributed by atoms with Gasteiger partial charge in [-0.3, -0.25) is 4.79 Å². The van der Waals surface area contributed by atoms with Crippen LogP contribution in [0, 0.1) is 23.2 Å². The largest absolute Gasteiger partial charge is 0.462 e. The Labute approximate surface area is 123 Å². The molecule has 0 aromatic carbocycles. The average molecular weight is 281 g/mol. The standard InChI is InChI=1S/C17H31NO2/c1-12(2)14-6-5-13(3)11-15(14)20-16(19)17(4)7-9-18-10-8-17/h12-15,18H,5-11H2,1-4H3. The van der Waals surface area contributed by atoms with E-state index in [2.05, 4.69) is 33.0 Å². The summed E-state index contributed by atoms with van der Waals surface area (Å²) >= 11 is 0. The molecule has 2 aliphatic rings. The molecule has 1 saturated carbocycles. The molecule has 1 heterocycles. The maximum absolute atomic E-state index is 12.6. The third-order valence-corrected chi connectivity index (χ3v) is 5.42. The van der Waals surface area contributed by atoms with E-state index in [1.54, 1.807) is 0 Å². The number of esters is 1. The SMILES string of the molecule is CC1CCC(C(C)C)C(OC(=O)C2(C)CCNCC2)C1. The second kappa shape index (κ2) is 6.46. The molecule has 0 radical (unpaired) electrons. The van der Waals surface area contributed by atoms with Gasteiger partial charge in [0.05, 0.1) is 5.41 Å². The summed E-state index contributed by atoms with van der Waals surface area (Å²) < 4.78 is 6.01. The topological polar surface area (TPSA) is 38.3 Å². The van der Waals surface area contributed by atoms with Crippen molar-refractivity contribution in [2.75, 3.05) is 13.1 Å². The third-order valence-electron chi connectivity index (χ3n) is 5.42. The fraction of sp³-hybridized carbons (Fsp3) is 0.941. The number of carbonyl (C=O) groups excluding carboxylic acids is 1. The summed E-state index contributed by atoms with van der Waals surface area (Å²) in [5.41, 5.74) is -0.270. The van der Waals surface area contributed by atoms with Crippen molar-refractivity contribution in [3.05, 3.63) is 0 Å². The van der Waals surface area contributed by atoms with Gasteiger partial charge in [-0.15, -0.1) is 0 Å². The van der Waals surface area contributed by atoms with E-state index in [1.165, 1.54) is 12.8 Å². The number of hydrogen-bond donors (Lipinski definition) is 1. The van der Waals surface area contributed by atoms with Crippen LogP contribution in [-0.2, 0) is 9.53 Å². The van der Waals surface area contributed by atoms with Gasteiger partial charge < -0.3 is 10.1 Å². The van der Waals surface area contributed by atoms with Crippen molar-refractivity contribution in [3.63, 3.8) is 0 Å². The van der Waals surface area contributed by atoms with Crippen LogP contribution in [0.3, 0.4) is 0 Å². The zero-order valence-electron chi connectivity index (χ0n) is 13.6. The van der Waals surface area contributed by atoms with Gasteiger partial charge in [0.15, 0.2) is 0 Å². The molecule has 0 aromatic rings. The first-order valence-corrected chi connectivity index (χ1v) is 8.34. The minimum absolute atomic E-state index is 0.0451. The monoisotopic (exact) mass is 281 g/mol. The molecule has 1 saturated heterocycles. The van der Waals surface area contributed by atoms with Crippen molar-refractivity contribution in [3.8, 4) is 0 Å². The van der Waals surface area contributed by atoms with Gasteiger partial charge in [0.2, 0.25) is 0 Å². The molecule has 1 N–H and O–H groups in total. The van der Waals surface area contributed by atoms with Crippen LogP contribution in [0.5, 0.6) is 0 Å². The lowest BCUT2D eigenvalue weighted by Crippen LogP contribution is -2.44. The highest BCUT2D eigenvalue weighted by molar-refractivity contribution is 5.76. The first-order chi connectivity index (χ1) is 9.42. The fourth-order valence-electron chi connectivity index (χ4n) is 3.71. The summed E-state index contributed by atoms with van der Waals surface area (Å²) in [4.78, 5) is 12.6. The lowest BCUT2D eigenvalue weighted by molar-refractivity contribution is -0.169. The molecule has 3 nitrogen and oxygen atoms in total. The maximum Gasteiger partial charge on any atom is 0.312 e. The minimum Gasteiger partial charge on any atom is -0.462 e. The first kappa shape index (κ1) is 15.8. The highest BCUT2D eigenvalue weighted by Gasteiger charge is 2.40. The summed E-state index contributed by atoms with van der Waals surface area (Å²) in [6.45, 7) is 10.7. The molecular weight excluding hydrogens is 250 g/mol. The Balaban J connectivity index is 2.00. The van der Waals surface area contributed by atoms with E-state index in [1.807, 2.05) is 0 Å². The molecule has 0 amide bonds. The molecule has 3 heteroatoms. The zero-order chi connectivity index (χ0) is 14.8. The highest BCUT2D eigenvalue weighted by atomic mass is 16.5. The molecular formula is C17H31NO2. The maximum atomic E-state index is 12.6. The van der Waals surface area contributed by atoms with Crippen molar-refractivity contribution >= 4 is 5.97 Å². The lowest BCUT2D eigenvalue weighted by Gasteiger charge is -2.39. The predicted molar refractivity (Wildman–Crippen MR) is 81.4 cm³/mol. The number of piperidine rings is 1. The van der Waals surface area contributed by atoms with Gasteiger partial charge in [0.1, 0.15) is 6.10 Å². The number of hydrogen-bond acceptors (Lipinski definition) is 3. The van der Waals surface area contributed by atoms with E-state index in [0.29, 0.717) is 17.8 Å². The van der Waals surface area contributed by atoms with Crippen LogP contribution in [-0.4, -0.2) is 25.2 Å². The first-order valence-electron chi connectivity index (χ1n) is 8.34. The van der Waals surface area contributed by atoms with Gasteiger partial charge in [-0.05, 0) is 63.5 Å². The van der Waals surface area contributed by atoms with E-state index in [0.717, 1.165) is 32.4 Å². The Bertz CT molecular complexity index is 334. The zero-order valence-corrected chi connectivity index (χ0v) is 13.6. The summed E-state index contributed by atoms with van der Waals surface area (Å²) in [7, 11) is 0. The van der Waals surface area contributed by atoms with Crippen LogP contribution in [0.1, 0.15) is 59.8 Å². The molecule has 2 fully saturated rings. The summed E-state index contributed by atoms with van der Waals surface area (Å²) in [6.07, 6.45) is 5.47. The van der Waals surface area contributed by atoms with Crippen LogP contribution >= 0.6 is 0 Å². The van der Waals surface area contributed by atoms with E-state index in [4.69, 9.17) is 4.74 Å². The Morgan fingerprint density at radius 2 is 1.90 bits per heavy atom. The van der Waals surface area contributed by atoms with Gasteiger partial charge in [-0.25, -0.2) is 0 Å². The normalized spacial score (nSPS) is 34.0. The number of carbonyl (C=O) groups is 1. The van der Waals surface area contributed by atoms with Gasteiger partial charge in [0.25, 0.3) is 0 Å². The smallest absolute Gasteiger partial charge is 0.312 e. The number of nitrogens with one attached hydrogen (secondary N) is 1. The molecule has 0 spiro atoms. The highest BCUT2D eigenvalue weighted by Crippen LogP contribution is 2.38. The molecule has 1 aliphatic carbocycles. The second-order valence-corrected chi connectivity index (χ2v) is 7.58. The van der Waals surface area contributed by atoms with Gasteiger partial charge in [-0.2, -0.15) is 0 Å². The predicted octanol–water partition coefficient (Wildman–Crippen LogP) is 3.38. The molecule has 2 rings (SSSR count). The van der Waals surface area contributed by atoms with Crippen molar-refractivity contribution < 1.29 is 9.53 Å². The van der Waals surface area contributed by atoms with Crippen LogP contribution in [0.2, 0.25) is 0 Å². The van der Waals surface area contributed by atoms with E-state index < -0.39 is 0 Å². The fourth-order valence-corrected chi connectivity index (χ4v) is 3.71. The molecule has 0 aromatic heterocycles. The summed E-state index contributed by atoms with van der Waals surface area (Å²) in [5.74, 6) is 1.87. The van der Waals surface area contributed by atoms with Crippen molar-refractivity contribution in [2.24, 2.45) is 23.2 Å². The molecule has 3 unspecified atom stereocenters. The van der Waals surface area contributed by atoms with Crippen LogP contribution in [0.25, 0.3) is 0 Å². The minimum atomic E-state index is -0.270.